The van der Waals surface area contributed by atoms with E-state index in [9.17, 15) is 0 Å². The van der Waals surface area contributed by atoms with E-state index in [1.807, 2.05) is 25.1 Å². The van der Waals surface area contributed by atoms with E-state index >= 15 is 0 Å². The molecule has 5 heteroatoms. The molecule has 0 aliphatic heterocycles. The second-order valence-corrected chi connectivity index (χ2v) is 6.36. The number of halogens is 3. The lowest BCUT2D eigenvalue weighted by Gasteiger charge is -2.13. The quantitative estimate of drug-likeness (QED) is 0.549. The zero-order chi connectivity index (χ0) is 15.9. The Kier molecular flexibility index (Phi) is 5.41. The monoisotopic (exact) mass is 366 g/mol. The number of nitrogens with one attached hydrogen (secondary N) is 1. The Morgan fingerprint density at radius 1 is 0.913 bits per heavy atom. The summed E-state index contributed by atoms with van der Waals surface area (Å²) in [6.07, 6.45) is 0. The zero-order valence-electron chi connectivity index (χ0n) is 13.1. The van der Waals surface area contributed by atoms with Crippen molar-refractivity contribution in [2.24, 2.45) is 0 Å². The first-order valence-corrected chi connectivity index (χ1v) is 7.80. The van der Waals surface area contributed by atoms with Crippen LogP contribution in [0.5, 0.6) is 0 Å². The molecule has 0 bridgehead atoms. The summed E-state index contributed by atoms with van der Waals surface area (Å²) in [5.74, 6) is 0. The van der Waals surface area contributed by atoms with Gasteiger partial charge in [0.1, 0.15) is 0 Å². The fourth-order valence-corrected chi connectivity index (χ4v) is 2.94. The van der Waals surface area contributed by atoms with Gasteiger partial charge in [0.05, 0.1) is 15.6 Å². The highest BCUT2D eigenvalue weighted by Crippen LogP contribution is 2.31. The number of rotatable bonds is 2. The van der Waals surface area contributed by atoms with E-state index < -0.39 is 0 Å². The predicted octanol–water partition coefficient (Wildman–Crippen LogP) is 6.63. The maximum atomic E-state index is 6.10. The van der Waals surface area contributed by atoms with Crippen molar-refractivity contribution < 1.29 is 0 Å². The van der Waals surface area contributed by atoms with Gasteiger partial charge in [-0.1, -0.05) is 34.8 Å². The van der Waals surface area contributed by atoms with E-state index in [1.165, 1.54) is 11.1 Å². The first-order chi connectivity index (χ1) is 10.4. The van der Waals surface area contributed by atoms with Crippen LogP contribution >= 0.6 is 35.6 Å². The maximum absolute atomic E-state index is 6.10. The predicted molar refractivity (Wildman–Crippen MR) is 103 cm³/mol. The Balaban J connectivity index is 0.00000192. The summed E-state index contributed by atoms with van der Waals surface area (Å²) in [4.78, 5) is 4.66. The van der Waals surface area contributed by atoms with Gasteiger partial charge in [-0.15, -0.1) is 12.4 Å². The summed E-state index contributed by atoms with van der Waals surface area (Å²) in [6, 6.07) is 11.9. The number of fused-ring (bicyclic) bond motifs is 1. The Labute approximate surface area is 152 Å². The van der Waals surface area contributed by atoms with Crippen molar-refractivity contribution in [1.82, 2.24) is 4.98 Å². The summed E-state index contributed by atoms with van der Waals surface area (Å²) in [5, 5.41) is 5.62. The highest BCUT2D eigenvalue weighted by molar-refractivity contribution is 6.42. The summed E-state index contributed by atoms with van der Waals surface area (Å²) in [6.45, 7) is 6.18. The van der Waals surface area contributed by atoms with Gasteiger partial charge in [0.25, 0.3) is 0 Å². The molecular formula is C18H17Cl3N2. The fraction of sp³-hybridized carbons (Fsp3) is 0.167. The normalized spacial score (nSPS) is 10.5. The third-order valence-corrected chi connectivity index (χ3v) is 4.31. The third kappa shape index (κ3) is 3.72. The molecule has 0 fully saturated rings. The first-order valence-electron chi connectivity index (χ1n) is 7.05. The van der Waals surface area contributed by atoms with Crippen molar-refractivity contribution in [3.63, 3.8) is 0 Å². The highest BCUT2D eigenvalue weighted by atomic mass is 35.5. The summed E-state index contributed by atoms with van der Waals surface area (Å²) < 4.78 is 0. The van der Waals surface area contributed by atoms with Crippen LogP contribution < -0.4 is 5.32 Å². The Hall–Kier alpha value is -1.48. The van der Waals surface area contributed by atoms with Crippen LogP contribution in [-0.2, 0) is 0 Å². The smallest absolute Gasteiger partial charge is 0.0755 e. The van der Waals surface area contributed by atoms with E-state index in [2.05, 4.69) is 36.3 Å². The van der Waals surface area contributed by atoms with Gasteiger partial charge in [-0.25, -0.2) is 0 Å². The van der Waals surface area contributed by atoms with Crippen molar-refractivity contribution in [1.29, 1.82) is 0 Å². The summed E-state index contributed by atoms with van der Waals surface area (Å²) in [5.41, 5.74) is 6.31. The van der Waals surface area contributed by atoms with E-state index in [0.717, 1.165) is 28.0 Å². The molecule has 0 spiro atoms. The van der Waals surface area contributed by atoms with Crippen LogP contribution in [0.2, 0.25) is 10.0 Å². The minimum absolute atomic E-state index is 0. The number of aryl methyl sites for hydroxylation is 3. The summed E-state index contributed by atoms with van der Waals surface area (Å²) in [7, 11) is 0. The van der Waals surface area contributed by atoms with E-state index in [-0.39, 0.29) is 12.4 Å². The van der Waals surface area contributed by atoms with E-state index in [1.54, 1.807) is 6.07 Å². The number of anilines is 2. The van der Waals surface area contributed by atoms with Crippen LogP contribution in [-0.4, -0.2) is 4.98 Å². The Morgan fingerprint density at radius 2 is 1.65 bits per heavy atom. The molecule has 23 heavy (non-hydrogen) atoms. The molecule has 1 aromatic heterocycles. The number of nitrogens with zero attached hydrogens (tertiary/aromatic N) is 1. The molecule has 2 aromatic carbocycles. The molecule has 0 atom stereocenters. The van der Waals surface area contributed by atoms with Crippen molar-refractivity contribution >= 4 is 57.9 Å². The van der Waals surface area contributed by atoms with Crippen LogP contribution in [0.3, 0.4) is 0 Å². The SMILES string of the molecule is Cc1cc(C)c2nc(C)cc(Nc3ccc(Cl)c(Cl)c3)c2c1.Cl. The average molecular weight is 368 g/mol. The molecule has 0 saturated carbocycles. The fourth-order valence-electron chi connectivity index (χ4n) is 2.64. The molecule has 1 heterocycles. The van der Waals surface area contributed by atoms with Gasteiger partial charge in [0, 0.05) is 22.5 Å². The standard InChI is InChI=1S/C18H16Cl2N2.ClH/c1-10-6-11(2)18-14(7-10)17(8-12(3)21-18)22-13-4-5-15(19)16(20)9-13;/h4-9H,1-3H3,(H,21,22);1H. The lowest BCUT2D eigenvalue weighted by Crippen LogP contribution is -1.96. The molecule has 1 N–H and O–H groups in total. The molecule has 0 amide bonds. The van der Waals surface area contributed by atoms with Crippen LogP contribution in [0.15, 0.2) is 36.4 Å². The number of benzene rings is 2. The number of aromatic nitrogens is 1. The van der Waals surface area contributed by atoms with E-state index in [4.69, 9.17) is 23.2 Å². The maximum Gasteiger partial charge on any atom is 0.0755 e. The van der Waals surface area contributed by atoms with Crippen molar-refractivity contribution in [3.8, 4) is 0 Å². The lowest BCUT2D eigenvalue weighted by atomic mass is 10.0. The molecule has 120 valence electrons. The first kappa shape index (κ1) is 17.9. The molecule has 0 saturated heterocycles. The van der Waals surface area contributed by atoms with Gasteiger partial charge in [0.2, 0.25) is 0 Å². The Morgan fingerprint density at radius 3 is 2.35 bits per heavy atom. The minimum Gasteiger partial charge on any atom is -0.355 e. The van der Waals surface area contributed by atoms with Gasteiger partial charge in [0.15, 0.2) is 0 Å². The van der Waals surface area contributed by atoms with Gasteiger partial charge in [-0.3, -0.25) is 4.98 Å². The highest BCUT2D eigenvalue weighted by Gasteiger charge is 2.08. The molecule has 0 aliphatic rings. The largest absolute Gasteiger partial charge is 0.355 e. The minimum atomic E-state index is 0. The molecule has 0 radical (unpaired) electrons. The van der Waals surface area contributed by atoms with Crippen LogP contribution in [0, 0.1) is 20.8 Å². The average Bonchev–Trinajstić information content (AvgIpc) is 2.44. The van der Waals surface area contributed by atoms with Crippen LogP contribution in [0.4, 0.5) is 11.4 Å². The van der Waals surface area contributed by atoms with E-state index in [0.29, 0.717) is 10.0 Å². The second-order valence-electron chi connectivity index (χ2n) is 5.54. The lowest BCUT2D eigenvalue weighted by molar-refractivity contribution is 1.23. The van der Waals surface area contributed by atoms with Crippen molar-refractivity contribution in [2.75, 3.05) is 5.32 Å². The number of hydrogen-bond acceptors (Lipinski definition) is 2. The zero-order valence-corrected chi connectivity index (χ0v) is 15.4. The van der Waals surface area contributed by atoms with Gasteiger partial charge in [-0.2, -0.15) is 0 Å². The Bertz CT molecular complexity index is 876. The summed E-state index contributed by atoms with van der Waals surface area (Å²) >= 11 is 12.1. The van der Waals surface area contributed by atoms with Gasteiger partial charge >= 0.3 is 0 Å². The third-order valence-electron chi connectivity index (χ3n) is 3.57. The van der Waals surface area contributed by atoms with Gasteiger partial charge in [-0.05, 0) is 56.7 Å². The molecule has 0 aliphatic carbocycles. The van der Waals surface area contributed by atoms with Crippen molar-refractivity contribution in [3.05, 3.63) is 63.3 Å². The number of hydrogen-bond donors (Lipinski definition) is 1. The topological polar surface area (TPSA) is 24.9 Å². The second kappa shape index (κ2) is 6.96. The molecular weight excluding hydrogens is 351 g/mol. The van der Waals surface area contributed by atoms with Gasteiger partial charge < -0.3 is 5.32 Å². The molecule has 3 rings (SSSR count). The van der Waals surface area contributed by atoms with Crippen LogP contribution in [0.25, 0.3) is 10.9 Å². The van der Waals surface area contributed by atoms with Crippen molar-refractivity contribution in [2.45, 2.75) is 20.8 Å². The molecule has 3 aromatic rings. The number of pyridine rings is 1. The van der Waals surface area contributed by atoms with Crippen LogP contribution in [0.1, 0.15) is 16.8 Å². The molecule has 2 nitrogen and oxygen atoms in total. The molecule has 0 unspecified atom stereocenters.